The molecule has 1 fully saturated rings. The quantitative estimate of drug-likeness (QED) is 0.694. The summed E-state index contributed by atoms with van der Waals surface area (Å²) in [6, 6.07) is 3.27. The first-order valence-corrected chi connectivity index (χ1v) is 12.3. The van der Waals surface area contributed by atoms with E-state index in [1.165, 1.54) is 17.3 Å². The Morgan fingerprint density at radius 1 is 1.22 bits per heavy atom. The maximum Gasteiger partial charge on any atom is 0.407 e. The van der Waals surface area contributed by atoms with Crippen molar-refractivity contribution in [3.05, 3.63) is 24.2 Å². The van der Waals surface area contributed by atoms with E-state index in [2.05, 4.69) is 25.2 Å². The second-order valence-electron chi connectivity index (χ2n) is 7.95. The highest BCUT2D eigenvalue weighted by atomic mass is 32.2. The molecule has 2 aromatic heterocycles. The molecule has 0 saturated carbocycles. The number of sulfone groups is 1. The molecule has 2 aromatic rings. The minimum Gasteiger partial charge on any atom is -0.486 e. The monoisotopic (exact) mass is 462 g/mol. The highest BCUT2D eigenvalue weighted by molar-refractivity contribution is 7.90. The number of pyridine rings is 1. The third-order valence-corrected chi connectivity index (χ3v) is 6.70. The van der Waals surface area contributed by atoms with Crippen molar-refractivity contribution in [1.82, 2.24) is 19.9 Å². The summed E-state index contributed by atoms with van der Waals surface area (Å²) in [6.07, 6.45) is 3.93. The fraction of sp³-hybridized carbons (Fsp3) is 0.500. The maximum absolute atomic E-state index is 11.8. The van der Waals surface area contributed by atoms with Crippen LogP contribution in [0.1, 0.15) is 25.0 Å². The van der Waals surface area contributed by atoms with Crippen LogP contribution in [-0.4, -0.2) is 78.0 Å². The Labute approximate surface area is 186 Å². The molecular formula is C20H26N6O5S. The number of hydrogen-bond donors (Lipinski definition) is 2. The van der Waals surface area contributed by atoms with Crippen molar-refractivity contribution in [1.29, 1.82) is 0 Å². The first-order valence-electron chi connectivity index (χ1n) is 10.4. The van der Waals surface area contributed by atoms with Gasteiger partial charge >= 0.3 is 6.09 Å². The Bertz CT molecular complexity index is 1120. The van der Waals surface area contributed by atoms with E-state index in [1.807, 2.05) is 0 Å². The first kappa shape index (κ1) is 22.1. The molecule has 0 radical (unpaired) electrons. The molecule has 32 heavy (non-hydrogen) atoms. The van der Waals surface area contributed by atoms with Crippen LogP contribution >= 0.6 is 0 Å². The number of likely N-dealkylation sites (tertiary alicyclic amines) is 1. The average Bonchev–Trinajstić information content (AvgIpc) is 2.98. The number of hydrogen-bond acceptors (Lipinski definition) is 9. The molecule has 0 aromatic carbocycles. The minimum atomic E-state index is -3.40. The van der Waals surface area contributed by atoms with Gasteiger partial charge in [-0.3, -0.25) is 0 Å². The highest BCUT2D eigenvalue weighted by Gasteiger charge is 2.31. The number of carboxylic acid groups (broad SMARTS) is 1. The van der Waals surface area contributed by atoms with Crippen LogP contribution < -0.4 is 15.0 Å². The number of amides is 1. The number of fused-ring (bicyclic) bond motifs is 1. The van der Waals surface area contributed by atoms with Crippen LogP contribution in [0.4, 0.5) is 22.1 Å². The summed E-state index contributed by atoms with van der Waals surface area (Å²) >= 11 is 0. The lowest BCUT2D eigenvalue weighted by atomic mass is 10.0. The van der Waals surface area contributed by atoms with Gasteiger partial charge in [0.15, 0.2) is 26.5 Å². The molecule has 4 rings (SSSR count). The lowest BCUT2D eigenvalue weighted by molar-refractivity contribution is 0.131. The van der Waals surface area contributed by atoms with Gasteiger partial charge in [-0.05, 0) is 38.3 Å². The molecule has 12 heteroatoms. The molecular weight excluding hydrogens is 436 g/mol. The largest absolute Gasteiger partial charge is 0.486 e. The lowest BCUT2D eigenvalue weighted by Crippen LogP contribution is -2.47. The fourth-order valence-corrected chi connectivity index (χ4v) is 4.65. The lowest BCUT2D eigenvalue weighted by Gasteiger charge is -2.37. The first-order chi connectivity index (χ1) is 15.2. The molecule has 1 amide bonds. The normalized spacial score (nSPS) is 17.3. The van der Waals surface area contributed by atoms with Gasteiger partial charge in [0.1, 0.15) is 6.33 Å². The van der Waals surface area contributed by atoms with E-state index in [0.717, 1.165) is 19.2 Å². The summed E-state index contributed by atoms with van der Waals surface area (Å²) in [4.78, 5) is 27.9. The third kappa shape index (κ3) is 4.54. The minimum absolute atomic E-state index is 0.0113. The van der Waals surface area contributed by atoms with Gasteiger partial charge in [-0.1, -0.05) is 0 Å². The molecule has 4 heterocycles. The van der Waals surface area contributed by atoms with Crippen molar-refractivity contribution in [2.45, 2.75) is 37.3 Å². The van der Waals surface area contributed by atoms with E-state index >= 15 is 0 Å². The maximum atomic E-state index is 11.8. The van der Waals surface area contributed by atoms with Gasteiger partial charge in [0.2, 0.25) is 5.75 Å². The van der Waals surface area contributed by atoms with E-state index in [0.29, 0.717) is 61.3 Å². The van der Waals surface area contributed by atoms with Gasteiger partial charge in [0, 0.05) is 31.9 Å². The average molecular weight is 463 g/mol. The van der Waals surface area contributed by atoms with Crippen molar-refractivity contribution >= 4 is 33.3 Å². The molecule has 0 aliphatic carbocycles. The van der Waals surface area contributed by atoms with Crippen LogP contribution in [0.25, 0.3) is 0 Å². The van der Waals surface area contributed by atoms with Gasteiger partial charge in [-0.2, -0.15) is 0 Å². The molecule has 0 bridgehead atoms. The molecule has 0 unspecified atom stereocenters. The van der Waals surface area contributed by atoms with Crippen molar-refractivity contribution in [2.75, 3.05) is 42.7 Å². The van der Waals surface area contributed by atoms with E-state index < -0.39 is 15.9 Å². The predicted octanol–water partition coefficient (Wildman–Crippen LogP) is 2.06. The summed E-state index contributed by atoms with van der Waals surface area (Å²) in [7, 11) is -3.40. The number of piperidine rings is 1. The fourth-order valence-electron chi connectivity index (χ4n) is 4.03. The number of anilines is 3. The number of ether oxygens (including phenoxy) is 1. The summed E-state index contributed by atoms with van der Waals surface area (Å²) in [5, 5.41) is 12.4. The zero-order valence-corrected chi connectivity index (χ0v) is 18.8. The molecule has 1 saturated heterocycles. The second-order valence-corrected chi connectivity index (χ2v) is 9.91. The van der Waals surface area contributed by atoms with Crippen molar-refractivity contribution in [2.24, 2.45) is 0 Å². The van der Waals surface area contributed by atoms with Crippen molar-refractivity contribution < 1.29 is 23.1 Å². The Balaban J connectivity index is 1.61. The molecule has 11 nitrogen and oxygen atoms in total. The SMILES string of the molecule is Cc1nc(S(C)(=O)=O)ccc1Nc1ncnc2c1OCCCN2C1CCN(C(=O)O)CC1. The Morgan fingerprint density at radius 2 is 1.97 bits per heavy atom. The molecule has 0 atom stereocenters. The smallest absolute Gasteiger partial charge is 0.407 e. The molecule has 2 aliphatic rings. The number of aryl methyl sites for hydroxylation is 1. The topological polar surface area (TPSA) is 138 Å². The number of rotatable bonds is 4. The third-order valence-electron chi connectivity index (χ3n) is 5.72. The van der Waals surface area contributed by atoms with Crippen LogP contribution in [0.15, 0.2) is 23.5 Å². The van der Waals surface area contributed by atoms with Crippen LogP contribution in [0.5, 0.6) is 5.75 Å². The predicted molar refractivity (Wildman–Crippen MR) is 117 cm³/mol. The molecule has 172 valence electrons. The standard InChI is InChI=1S/C20H26N6O5S/c1-13-15(4-5-16(23-13)32(2,29)30)24-18-17-19(22-12-21-18)26(8-3-11-31-17)14-6-9-25(10-7-14)20(27)28/h4-5,12,14H,3,6-11H2,1-2H3,(H,27,28)(H,21,22,24). The van der Waals surface area contributed by atoms with Crippen molar-refractivity contribution in [3.8, 4) is 5.75 Å². The highest BCUT2D eigenvalue weighted by Crippen LogP contribution is 2.38. The molecule has 2 aliphatic heterocycles. The van der Waals surface area contributed by atoms with E-state index in [-0.39, 0.29) is 11.1 Å². The van der Waals surface area contributed by atoms with Crippen LogP contribution in [0.2, 0.25) is 0 Å². The van der Waals surface area contributed by atoms with Gasteiger partial charge in [0.25, 0.3) is 0 Å². The van der Waals surface area contributed by atoms with Gasteiger partial charge in [-0.25, -0.2) is 28.2 Å². The van der Waals surface area contributed by atoms with E-state index in [1.54, 1.807) is 13.0 Å². The Kier molecular flexibility index (Phi) is 6.04. The van der Waals surface area contributed by atoms with E-state index in [4.69, 9.17) is 4.74 Å². The molecule has 2 N–H and O–H groups in total. The van der Waals surface area contributed by atoms with Crippen LogP contribution in [0, 0.1) is 6.92 Å². The van der Waals surface area contributed by atoms with Crippen LogP contribution in [0.3, 0.4) is 0 Å². The van der Waals surface area contributed by atoms with Gasteiger partial charge < -0.3 is 25.0 Å². The number of nitrogens with zero attached hydrogens (tertiary/aromatic N) is 5. The number of aromatic nitrogens is 3. The number of carbonyl (C=O) groups is 1. The number of nitrogens with one attached hydrogen (secondary N) is 1. The summed E-state index contributed by atoms with van der Waals surface area (Å²) in [5.41, 5.74) is 1.14. The van der Waals surface area contributed by atoms with Crippen molar-refractivity contribution in [3.63, 3.8) is 0 Å². The Hall–Kier alpha value is -3.15. The van der Waals surface area contributed by atoms with E-state index in [9.17, 15) is 18.3 Å². The summed E-state index contributed by atoms with van der Waals surface area (Å²) in [6.45, 7) is 3.95. The second kappa shape index (κ2) is 8.77. The van der Waals surface area contributed by atoms with Crippen LogP contribution in [-0.2, 0) is 9.84 Å². The molecule has 0 spiro atoms. The summed E-state index contributed by atoms with van der Waals surface area (Å²) < 4.78 is 29.5. The Morgan fingerprint density at radius 3 is 2.62 bits per heavy atom. The zero-order valence-electron chi connectivity index (χ0n) is 18.0. The summed E-state index contributed by atoms with van der Waals surface area (Å²) in [5.74, 6) is 1.67. The zero-order chi connectivity index (χ0) is 22.9. The van der Waals surface area contributed by atoms with Gasteiger partial charge in [-0.15, -0.1) is 0 Å². The van der Waals surface area contributed by atoms with Gasteiger partial charge in [0.05, 0.1) is 18.0 Å².